The third-order valence-electron chi connectivity index (χ3n) is 2.92. The zero-order valence-electron chi connectivity index (χ0n) is 12.0. The summed E-state index contributed by atoms with van der Waals surface area (Å²) in [7, 11) is 1.69. The lowest BCUT2D eigenvalue weighted by Gasteiger charge is -2.16. The fourth-order valence-corrected chi connectivity index (χ4v) is 1.87. The third-order valence-corrected chi connectivity index (χ3v) is 2.92. The number of aromatic nitrogens is 1. The van der Waals surface area contributed by atoms with Gasteiger partial charge in [0.2, 0.25) is 0 Å². The highest BCUT2D eigenvalue weighted by molar-refractivity contribution is 5.73. The summed E-state index contributed by atoms with van der Waals surface area (Å²) < 4.78 is 4.96. The van der Waals surface area contributed by atoms with Crippen molar-refractivity contribution in [3.63, 3.8) is 0 Å². The zero-order valence-corrected chi connectivity index (χ0v) is 12.0. The number of hydrogen-bond donors (Lipinski definition) is 1. The van der Waals surface area contributed by atoms with Crippen LogP contribution in [0.3, 0.4) is 0 Å². The predicted molar refractivity (Wildman–Crippen MR) is 76.1 cm³/mol. The highest BCUT2D eigenvalue weighted by Crippen LogP contribution is 2.06. The molecular formula is C15H16N4O2. The van der Waals surface area contributed by atoms with Gasteiger partial charge in [0, 0.05) is 19.7 Å². The molecule has 1 aromatic heterocycles. The van der Waals surface area contributed by atoms with E-state index in [2.05, 4.69) is 16.5 Å². The van der Waals surface area contributed by atoms with E-state index >= 15 is 0 Å². The quantitative estimate of drug-likeness (QED) is 0.933. The Morgan fingerprint density at radius 1 is 1.48 bits per heavy atom. The topological polar surface area (TPSA) is 82.2 Å². The van der Waals surface area contributed by atoms with Gasteiger partial charge in [0.1, 0.15) is 11.5 Å². The molecule has 1 N–H and O–H groups in total. The lowest BCUT2D eigenvalue weighted by molar-refractivity contribution is 0.205. The van der Waals surface area contributed by atoms with Crippen molar-refractivity contribution in [2.75, 3.05) is 7.05 Å². The minimum Gasteiger partial charge on any atom is -0.361 e. The van der Waals surface area contributed by atoms with Crippen LogP contribution in [-0.2, 0) is 13.1 Å². The molecular weight excluding hydrogens is 268 g/mol. The smallest absolute Gasteiger partial charge is 0.317 e. The van der Waals surface area contributed by atoms with Gasteiger partial charge in [0.15, 0.2) is 0 Å². The van der Waals surface area contributed by atoms with E-state index in [9.17, 15) is 4.79 Å². The minimum atomic E-state index is -0.210. The van der Waals surface area contributed by atoms with Crippen LogP contribution in [0.2, 0.25) is 0 Å². The normalized spacial score (nSPS) is 9.95. The number of urea groups is 1. The van der Waals surface area contributed by atoms with E-state index in [-0.39, 0.29) is 6.03 Å². The Bertz CT molecular complexity index is 672. The summed E-state index contributed by atoms with van der Waals surface area (Å²) in [6.07, 6.45) is 0. The number of nitriles is 1. The number of benzene rings is 1. The second-order valence-corrected chi connectivity index (χ2v) is 4.76. The molecule has 0 aliphatic carbocycles. The Morgan fingerprint density at radius 3 is 2.95 bits per heavy atom. The molecule has 0 unspecified atom stereocenters. The Labute approximate surface area is 123 Å². The first-order valence-corrected chi connectivity index (χ1v) is 6.48. The lowest BCUT2D eigenvalue weighted by atomic mass is 10.1. The molecule has 6 nitrogen and oxygen atoms in total. The van der Waals surface area contributed by atoms with Crippen molar-refractivity contribution in [1.29, 1.82) is 5.26 Å². The number of carbonyl (C=O) groups is 1. The van der Waals surface area contributed by atoms with Crippen LogP contribution in [0.1, 0.15) is 22.6 Å². The first kappa shape index (κ1) is 14.6. The van der Waals surface area contributed by atoms with E-state index in [0.717, 1.165) is 5.56 Å². The van der Waals surface area contributed by atoms with Crippen LogP contribution >= 0.6 is 0 Å². The van der Waals surface area contributed by atoms with Gasteiger partial charge in [-0.1, -0.05) is 17.3 Å². The first-order chi connectivity index (χ1) is 10.1. The number of nitrogens with one attached hydrogen (secondary N) is 1. The van der Waals surface area contributed by atoms with Crippen molar-refractivity contribution in [3.05, 3.63) is 52.9 Å². The Hall–Kier alpha value is -2.81. The average molecular weight is 284 g/mol. The maximum atomic E-state index is 12.0. The van der Waals surface area contributed by atoms with E-state index in [0.29, 0.717) is 30.1 Å². The van der Waals surface area contributed by atoms with Crippen LogP contribution in [0, 0.1) is 18.3 Å². The molecule has 0 aliphatic heterocycles. The summed E-state index contributed by atoms with van der Waals surface area (Å²) in [6, 6.07) is 10.8. The Kier molecular flexibility index (Phi) is 4.57. The van der Waals surface area contributed by atoms with Crippen molar-refractivity contribution < 1.29 is 9.32 Å². The molecule has 2 aromatic rings. The van der Waals surface area contributed by atoms with Crippen molar-refractivity contribution in [2.24, 2.45) is 0 Å². The van der Waals surface area contributed by atoms with Gasteiger partial charge >= 0.3 is 6.03 Å². The van der Waals surface area contributed by atoms with E-state index in [1.165, 1.54) is 4.90 Å². The van der Waals surface area contributed by atoms with Crippen LogP contribution in [0.4, 0.5) is 4.79 Å². The van der Waals surface area contributed by atoms with Gasteiger partial charge in [-0.25, -0.2) is 4.79 Å². The second kappa shape index (κ2) is 6.57. The van der Waals surface area contributed by atoms with Crippen LogP contribution in [0.15, 0.2) is 34.9 Å². The summed E-state index contributed by atoms with van der Waals surface area (Å²) in [5, 5.41) is 15.5. The number of amides is 2. The predicted octanol–water partition coefficient (Wildman–Crippen LogP) is 2.20. The molecule has 1 aromatic carbocycles. The number of aryl methyl sites for hydroxylation is 1. The molecule has 2 amide bonds. The molecule has 0 bridgehead atoms. The van der Waals surface area contributed by atoms with Gasteiger partial charge in [-0.2, -0.15) is 5.26 Å². The largest absolute Gasteiger partial charge is 0.361 e. The second-order valence-electron chi connectivity index (χ2n) is 4.76. The van der Waals surface area contributed by atoms with Crippen LogP contribution < -0.4 is 5.32 Å². The molecule has 108 valence electrons. The van der Waals surface area contributed by atoms with Crippen molar-refractivity contribution in [3.8, 4) is 6.07 Å². The van der Waals surface area contributed by atoms with Crippen molar-refractivity contribution in [1.82, 2.24) is 15.4 Å². The lowest BCUT2D eigenvalue weighted by Crippen LogP contribution is -2.36. The maximum absolute atomic E-state index is 12.0. The Morgan fingerprint density at radius 2 is 2.29 bits per heavy atom. The van der Waals surface area contributed by atoms with Gasteiger partial charge < -0.3 is 14.7 Å². The molecule has 0 spiro atoms. The number of rotatable bonds is 4. The maximum Gasteiger partial charge on any atom is 0.317 e. The summed E-state index contributed by atoms with van der Waals surface area (Å²) in [5.74, 6) is 0.715. The standard InChI is InChI=1S/C15H16N4O2/c1-11-6-14(18-21-11)10-19(2)15(20)17-9-13-5-3-4-12(7-13)8-16/h3-7H,9-10H2,1-2H3,(H,17,20). The monoisotopic (exact) mass is 284 g/mol. The fourth-order valence-electron chi connectivity index (χ4n) is 1.87. The highest BCUT2D eigenvalue weighted by atomic mass is 16.5. The SMILES string of the molecule is Cc1cc(CN(C)C(=O)NCc2cccc(C#N)c2)no1. The third kappa shape index (κ3) is 4.08. The summed E-state index contributed by atoms with van der Waals surface area (Å²) >= 11 is 0. The zero-order chi connectivity index (χ0) is 15.2. The molecule has 0 atom stereocenters. The van der Waals surface area contributed by atoms with Crippen molar-refractivity contribution in [2.45, 2.75) is 20.0 Å². The molecule has 0 radical (unpaired) electrons. The molecule has 1 heterocycles. The van der Waals surface area contributed by atoms with E-state index in [4.69, 9.17) is 9.78 Å². The number of hydrogen-bond acceptors (Lipinski definition) is 4. The van der Waals surface area contributed by atoms with E-state index in [1.807, 2.05) is 6.07 Å². The average Bonchev–Trinajstić information content (AvgIpc) is 2.90. The summed E-state index contributed by atoms with van der Waals surface area (Å²) in [6.45, 7) is 2.55. The minimum absolute atomic E-state index is 0.210. The van der Waals surface area contributed by atoms with E-state index < -0.39 is 0 Å². The van der Waals surface area contributed by atoms with Gasteiger partial charge in [0.25, 0.3) is 0 Å². The molecule has 0 fully saturated rings. The fraction of sp³-hybridized carbons (Fsp3) is 0.267. The molecule has 0 saturated heterocycles. The number of carbonyl (C=O) groups excluding carboxylic acids is 1. The summed E-state index contributed by atoms with van der Waals surface area (Å²) in [4.78, 5) is 13.5. The molecule has 0 saturated carbocycles. The molecule has 2 rings (SSSR count). The first-order valence-electron chi connectivity index (χ1n) is 6.48. The van der Waals surface area contributed by atoms with Crippen molar-refractivity contribution >= 4 is 6.03 Å². The number of nitrogens with zero attached hydrogens (tertiary/aromatic N) is 3. The van der Waals surface area contributed by atoms with Gasteiger partial charge in [-0.15, -0.1) is 0 Å². The molecule has 0 aliphatic rings. The molecule has 21 heavy (non-hydrogen) atoms. The van der Waals surface area contributed by atoms with Crippen LogP contribution in [0.25, 0.3) is 0 Å². The van der Waals surface area contributed by atoms with Gasteiger partial charge in [-0.3, -0.25) is 0 Å². The van der Waals surface area contributed by atoms with Gasteiger partial charge in [0.05, 0.1) is 18.2 Å². The summed E-state index contributed by atoms with van der Waals surface area (Å²) in [5.41, 5.74) is 2.16. The van der Waals surface area contributed by atoms with Gasteiger partial charge in [-0.05, 0) is 24.6 Å². The Balaban J connectivity index is 1.87. The van der Waals surface area contributed by atoms with Crippen LogP contribution in [0.5, 0.6) is 0 Å². The van der Waals surface area contributed by atoms with E-state index in [1.54, 1.807) is 38.2 Å². The highest BCUT2D eigenvalue weighted by Gasteiger charge is 2.11. The molecule has 6 heteroatoms. The van der Waals surface area contributed by atoms with Crippen LogP contribution in [-0.4, -0.2) is 23.1 Å².